The first-order valence-corrected chi connectivity index (χ1v) is 17.3. The van der Waals surface area contributed by atoms with Crippen molar-refractivity contribution in [2.45, 2.75) is 58.4 Å². The van der Waals surface area contributed by atoms with Crippen molar-refractivity contribution in [3.05, 3.63) is 42.1 Å². The molecule has 1 spiro atoms. The molecule has 3 aliphatic heterocycles. The van der Waals surface area contributed by atoms with Gasteiger partial charge in [-0.25, -0.2) is 9.78 Å². The van der Waals surface area contributed by atoms with Gasteiger partial charge in [-0.15, -0.1) is 0 Å². The van der Waals surface area contributed by atoms with Crippen LogP contribution in [0.4, 0.5) is 29.7 Å². The number of hydrogen-bond acceptors (Lipinski definition) is 9. The number of amides is 1. The van der Waals surface area contributed by atoms with Gasteiger partial charge in [0.05, 0.1) is 11.7 Å². The third-order valence-corrected chi connectivity index (χ3v) is 10.3. The van der Waals surface area contributed by atoms with Crippen molar-refractivity contribution in [2.75, 3.05) is 69.8 Å². The molecule has 0 aliphatic carbocycles. The zero-order chi connectivity index (χ0) is 36.5. The number of H-pyrrole nitrogens is 1. The van der Waals surface area contributed by atoms with Crippen LogP contribution in [0.3, 0.4) is 0 Å². The first kappa shape index (κ1) is 34.8. The Kier molecular flexibility index (Phi) is 8.59. The van der Waals surface area contributed by atoms with Crippen molar-refractivity contribution in [1.82, 2.24) is 30.0 Å². The monoisotopic (exact) mass is 706 g/mol. The number of aromatic amines is 1. The van der Waals surface area contributed by atoms with Gasteiger partial charge in [0.1, 0.15) is 16.9 Å². The third-order valence-electron chi connectivity index (χ3n) is 10.3. The summed E-state index contributed by atoms with van der Waals surface area (Å²) < 4.78 is 53.2. The first-order valence-electron chi connectivity index (χ1n) is 17.3. The Morgan fingerprint density at radius 2 is 1.78 bits per heavy atom. The van der Waals surface area contributed by atoms with Gasteiger partial charge in [-0.2, -0.15) is 23.3 Å². The van der Waals surface area contributed by atoms with Gasteiger partial charge in [-0.3, -0.25) is 5.10 Å². The molecule has 14 heteroatoms. The zero-order valence-electron chi connectivity index (χ0n) is 30.0. The van der Waals surface area contributed by atoms with Gasteiger partial charge in [-0.1, -0.05) is 18.7 Å². The average molecular weight is 707 g/mol. The molecule has 2 aromatic heterocycles. The molecule has 3 saturated heterocycles. The maximum atomic E-state index is 13.9. The van der Waals surface area contributed by atoms with Crippen LogP contribution in [0.2, 0.25) is 0 Å². The zero-order valence-corrected chi connectivity index (χ0v) is 30.0. The van der Waals surface area contributed by atoms with Crippen LogP contribution in [0.5, 0.6) is 5.75 Å². The third kappa shape index (κ3) is 6.65. The number of aromatic nitrogens is 4. The number of anilines is 2. The van der Waals surface area contributed by atoms with Crippen LogP contribution < -0.4 is 14.5 Å². The number of piperidine rings is 1. The van der Waals surface area contributed by atoms with E-state index in [0.29, 0.717) is 84.7 Å². The number of hydrogen-bond donors (Lipinski definition) is 1. The van der Waals surface area contributed by atoms with E-state index in [9.17, 15) is 18.0 Å². The predicted molar refractivity (Wildman–Crippen MR) is 192 cm³/mol. The minimum atomic E-state index is -4.59. The lowest BCUT2D eigenvalue weighted by Crippen LogP contribution is -2.62. The summed E-state index contributed by atoms with van der Waals surface area (Å²) in [5, 5.41) is 8.55. The number of benzene rings is 2. The van der Waals surface area contributed by atoms with Gasteiger partial charge in [0.25, 0.3) is 0 Å². The van der Waals surface area contributed by atoms with Crippen LogP contribution in [-0.2, 0) is 4.74 Å². The second-order valence-electron chi connectivity index (χ2n) is 15.5. The van der Waals surface area contributed by atoms with E-state index in [0.717, 1.165) is 29.3 Å². The van der Waals surface area contributed by atoms with Crippen LogP contribution in [-0.4, -0.2) is 114 Å². The maximum absolute atomic E-state index is 13.9. The minimum absolute atomic E-state index is 0.0172. The lowest BCUT2D eigenvalue weighted by molar-refractivity contribution is -0.153. The molecule has 5 heterocycles. The molecule has 0 atom stereocenters. The summed E-state index contributed by atoms with van der Waals surface area (Å²) in [6, 6.07) is 6.03. The van der Waals surface area contributed by atoms with Crippen molar-refractivity contribution in [3.63, 3.8) is 0 Å². The Hall–Kier alpha value is -4.59. The Morgan fingerprint density at radius 3 is 2.41 bits per heavy atom. The number of likely N-dealkylation sites (N-methyl/N-ethyl adjacent to an activating group) is 1. The van der Waals surface area contributed by atoms with Crippen LogP contribution in [0.15, 0.2) is 31.0 Å². The van der Waals surface area contributed by atoms with Crippen LogP contribution >= 0.6 is 0 Å². The molecule has 3 aliphatic rings. The molecule has 0 bridgehead atoms. The second kappa shape index (κ2) is 12.6. The van der Waals surface area contributed by atoms with E-state index in [2.05, 4.69) is 31.5 Å². The Bertz CT molecular complexity index is 1980. The molecule has 0 radical (unpaired) electrons. The van der Waals surface area contributed by atoms with Gasteiger partial charge in [-0.05, 0) is 83.5 Å². The largest absolute Gasteiger partial charge is 0.481 e. The van der Waals surface area contributed by atoms with E-state index in [1.165, 1.54) is 0 Å². The number of carbonyl (C=O) groups excluding carboxylic acids is 1. The van der Waals surface area contributed by atoms with Crippen molar-refractivity contribution in [2.24, 2.45) is 5.41 Å². The fourth-order valence-electron chi connectivity index (χ4n) is 7.46. The lowest BCUT2D eigenvalue weighted by Gasteiger charge is -2.53. The van der Waals surface area contributed by atoms with Gasteiger partial charge < -0.3 is 29.1 Å². The number of carbonyl (C=O) groups is 1. The van der Waals surface area contributed by atoms with Crippen molar-refractivity contribution in [1.29, 1.82) is 0 Å². The molecule has 0 unspecified atom stereocenters. The quantitative estimate of drug-likeness (QED) is 0.226. The van der Waals surface area contributed by atoms with E-state index in [-0.39, 0.29) is 17.3 Å². The van der Waals surface area contributed by atoms with E-state index in [4.69, 9.17) is 19.4 Å². The van der Waals surface area contributed by atoms with Gasteiger partial charge in [0.15, 0.2) is 12.4 Å². The normalized spacial score (nSPS) is 18.0. The number of ether oxygens (including phenoxy) is 2. The Labute approximate surface area is 295 Å². The highest BCUT2D eigenvalue weighted by Crippen LogP contribution is 2.48. The number of likely N-dealkylation sites (tertiary alicyclic amines) is 1. The average Bonchev–Trinajstić information content (AvgIpc) is 3.49. The number of nitrogens with one attached hydrogen (secondary N) is 1. The summed E-state index contributed by atoms with van der Waals surface area (Å²) in [6.07, 6.45) is 0.0854. The Morgan fingerprint density at radius 1 is 1.08 bits per heavy atom. The molecule has 1 amide bonds. The maximum Gasteiger partial charge on any atom is 0.422 e. The second-order valence-corrected chi connectivity index (χ2v) is 15.5. The highest BCUT2D eigenvalue weighted by Gasteiger charge is 2.48. The number of nitrogens with zero attached hydrogens (tertiary/aromatic N) is 7. The summed E-state index contributed by atoms with van der Waals surface area (Å²) in [6.45, 7) is 14.0. The van der Waals surface area contributed by atoms with Crippen molar-refractivity contribution >= 4 is 45.7 Å². The van der Waals surface area contributed by atoms with Crippen LogP contribution in [0.25, 0.3) is 39.0 Å². The summed E-state index contributed by atoms with van der Waals surface area (Å²) in [5.41, 5.74) is 3.11. The molecular weight excluding hydrogens is 661 g/mol. The van der Waals surface area contributed by atoms with E-state index in [1.54, 1.807) is 17.2 Å². The lowest BCUT2D eigenvalue weighted by atomic mass is 9.72. The smallest absolute Gasteiger partial charge is 0.422 e. The topological polar surface area (TPSA) is 103 Å². The van der Waals surface area contributed by atoms with E-state index in [1.807, 2.05) is 60.0 Å². The molecule has 51 heavy (non-hydrogen) atoms. The Balaban J connectivity index is 1.33. The number of fused-ring (bicyclic) bond motifs is 2. The predicted octanol–water partition coefficient (Wildman–Crippen LogP) is 6.65. The van der Waals surface area contributed by atoms with Gasteiger partial charge in [0.2, 0.25) is 5.95 Å². The summed E-state index contributed by atoms with van der Waals surface area (Å²) >= 11 is 0. The summed E-state index contributed by atoms with van der Waals surface area (Å²) in [7, 11) is 4.04. The highest BCUT2D eigenvalue weighted by molar-refractivity contribution is 6.07. The fourth-order valence-corrected chi connectivity index (χ4v) is 7.46. The summed E-state index contributed by atoms with van der Waals surface area (Å²) in [4.78, 5) is 30.9. The number of halogens is 3. The first-order chi connectivity index (χ1) is 24.0. The van der Waals surface area contributed by atoms with E-state index < -0.39 is 18.4 Å². The van der Waals surface area contributed by atoms with Crippen molar-refractivity contribution < 1.29 is 27.4 Å². The molecule has 3 fully saturated rings. The fraction of sp³-hybridized carbons (Fsp3) is 0.514. The SMILES string of the molecule is C=Cc1cc2c(N3CCC4(CC3)CN(C(=O)OC(C)(C)C)C4)nc(N3CC(N(C)C)C3)nc2c(OCC(F)(F)F)c1-c1c(C)ccc2[nH]ncc12. The molecule has 272 valence electrons. The number of rotatable bonds is 7. The molecular formula is C37H45F3N8O3. The number of aryl methyl sites for hydroxylation is 1. The standard InChI is InChI=1S/C37H45F3N8O3/c1-8-23-15-25-30(31(50-21-37(38,39)40)29(23)28-22(2)9-10-27-26(28)16-41-44-27)42-33(47-17-24(18-47)45(6)7)43-32(25)46-13-11-36(12-14-46)19-48(20-36)34(49)51-35(3,4)5/h8-10,15-16,24H,1,11-14,17-21H2,2-7H3,(H,41,44). The molecule has 7 rings (SSSR count). The number of alkyl halides is 3. The van der Waals surface area contributed by atoms with Gasteiger partial charge >= 0.3 is 12.3 Å². The van der Waals surface area contributed by atoms with Crippen molar-refractivity contribution in [3.8, 4) is 16.9 Å². The highest BCUT2D eigenvalue weighted by atomic mass is 19.4. The van der Waals surface area contributed by atoms with Gasteiger partial charge in [0, 0.05) is 67.1 Å². The molecule has 2 aromatic carbocycles. The molecule has 11 nitrogen and oxygen atoms in total. The molecule has 0 saturated carbocycles. The summed E-state index contributed by atoms with van der Waals surface area (Å²) in [5.74, 6) is 1.13. The molecule has 4 aromatic rings. The van der Waals surface area contributed by atoms with Crippen LogP contribution in [0, 0.1) is 12.3 Å². The van der Waals surface area contributed by atoms with E-state index >= 15 is 0 Å². The van der Waals surface area contributed by atoms with Crippen LogP contribution in [0.1, 0.15) is 44.7 Å². The minimum Gasteiger partial charge on any atom is -0.481 e. The molecule has 1 N–H and O–H groups in total.